The number of benzene rings is 1. The maximum Gasteiger partial charge on any atom is 0.339 e. The van der Waals surface area contributed by atoms with E-state index in [1.54, 1.807) is 0 Å². The molecule has 1 aliphatic rings. The van der Waals surface area contributed by atoms with Crippen molar-refractivity contribution in [2.45, 2.75) is 25.3 Å². The number of nitro groups is 1. The average Bonchev–Trinajstić information content (AvgIpc) is 3.22. The van der Waals surface area contributed by atoms with Crippen LogP contribution in [0.15, 0.2) is 18.2 Å². The van der Waals surface area contributed by atoms with Crippen LogP contribution in [0.3, 0.4) is 0 Å². The van der Waals surface area contributed by atoms with Crippen LogP contribution in [0, 0.1) is 10.1 Å². The van der Waals surface area contributed by atoms with Crippen LogP contribution in [0.2, 0.25) is 0 Å². The Morgan fingerprint density at radius 1 is 1.43 bits per heavy atom. The second-order valence-corrected chi connectivity index (χ2v) is 4.66. The van der Waals surface area contributed by atoms with Gasteiger partial charge in [0, 0.05) is 12.1 Å². The van der Waals surface area contributed by atoms with E-state index < -0.39 is 16.6 Å². The van der Waals surface area contributed by atoms with E-state index in [-0.39, 0.29) is 36.3 Å². The fraction of sp³-hybridized carbons (Fsp3) is 0.385. The summed E-state index contributed by atoms with van der Waals surface area (Å²) in [6.45, 7) is -0.121. The quantitative estimate of drug-likeness (QED) is 0.578. The van der Waals surface area contributed by atoms with Crippen LogP contribution in [-0.2, 0) is 4.79 Å². The fourth-order valence-corrected chi connectivity index (χ4v) is 1.76. The van der Waals surface area contributed by atoms with E-state index in [4.69, 9.17) is 9.84 Å². The van der Waals surface area contributed by atoms with Gasteiger partial charge in [0.1, 0.15) is 5.56 Å². The summed E-state index contributed by atoms with van der Waals surface area (Å²) in [5.74, 6) is -1.86. The number of para-hydroxylation sites is 1. The Labute approximate surface area is 119 Å². The van der Waals surface area contributed by atoms with Gasteiger partial charge < -0.3 is 15.2 Å². The Bertz CT molecular complexity index is 550. The molecule has 112 valence electrons. The summed E-state index contributed by atoms with van der Waals surface area (Å²) < 4.78 is 5.18. The maximum absolute atomic E-state index is 11.5. The number of hydrogen-bond acceptors (Lipinski definition) is 5. The predicted molar refractivity (Wildman–Crippen MR) is 71.3 cm³/mol. The number of rotatable bonds is 7. The number of carbonyl (C=O) groups is 2. The van der Waals surface area contributed by atoms with Crippen molar-refractivity contribution in [3.05, 3.63) is 33.9 Å². The third kappa shape index (κ3) is 3.91. The van der Waals surface area contributed by atoms with Gasteiger partial charge in [0.2, 0.25) is 11.7 Å². The number of nitro benzene ring substituents is 1. The molecular weight excluding hydrogens is 280 g/mol. The second kappa shape index (κ2) is 6.21. The van der Waals surface area contributed by atoms with Gasteiger partial charge in [-0.2, -0.15) is 0 Å². The summed E-state index contributed by atoms with van der Waals surface area (Å²) in [6.07, 6.45) is 1.93. The van der Waals surface area contributed by atoms with Gasteiger partial charge in [-0.25, -0.2) is 4.79 Å². The lowest BCUT2D eigenvalue weighted by atomic mass is 10.1. The van der Waals surface area contributed by atoms with E-state index >= 15 is 0 Å². The van der Waals surface area contributed by atoms with Gasteiger partial charge in [0.05, 0.1) is 18.0 Å². The summed E-state index contributed by atoms with van der Waals surface area (Å²) in [5.41, 5.74) is -0.732. The molecule has 0 atom stereocenters. The Hall–Kier alpha value is -2.64. The molecule has 1 amide bonds. The van der Waals surface area contributed by atoms with Gasteiger partial charge in [-0.3, -0.25) is 14.9 Å². The lowest BCUT2D eigenvalue weighted by Gasteiger charge is -2.09. The molecule has 1 aromatic carbocycles. The summed E-state index contributed by atoms with van der Waals surface area (Å²) >= 11 is 0. The number of hydrogen-bond donors (Lipinski definition) is 2. The molecule has 0 aromatic heterocycles. The van der Waals surface area contributed by atoms with Gasteiger partial charge in [-0.1, -0.05) is 6.07 Å². The SMILES string of the molecule is O=C(CCOc1c(C(=O)O)cccc1[N+](=O)[O-])NC1CC1. The molecule has 0 bridgehead atoms. The molecule has 0 aliphatic heterocycles. The zero-order chi connectivity index (χ0) is 15.4. The minimum atomic E-state index is -1.32. The van der Waals surface area contributed by atoms with Gasteiger partial charge in [-0.15, -0.1) is 0 Å². The molecule has 0 radical (unpaired) electrons. The van der Waals surface area contributed by atoms with Crippen molar-refractivity contribution in [3.8, 4) is 5.75 Å². The number of carboxylic acids is 1. The van der Waals surface area contributed by atoms with Crippen LogP contribution in [0.5, 0.6) is 5.75 Å². The zero-order valence-corrected chi connectivity index (χ0v) is 11.1. The molecule has 1 aromatic rings. The number of nitrogens with one attached hydrogen (secondary N) is 1. The molecule has 8 nitrogen and oxygen atoms in total. The van der Waals surface area contributed by atoms with Crippen molar-refractivity contribution in [2.24, 2.45) is 0 Å². The van der Waals surface area contributed by atoms with Crippen molar-refractivity contribution < 1.29 is 24.4 Å². The third-order valence-corrected chi connectivity index (χ3v) is 2.94. The third-order valence-electron chi connectivity index (χ3n) is 2.94. The number of aromatic carboxylic acids is 1. The van der Waals surface area contributed by atoms with Crippen LogP contribution < -0.4 is 10.1 Å². The van der Waals surface area contributed by atoms with E-state index in [9.17, 15) is 19.7 Å². The largest absolute Gasteiger partial charge is 0.486 e. The van der Waals surface area contributed by atoms with Crippen LogP contribution in [0.4, 0.5) is 5.69 Å². The first kappa shape index (κ1) is 14.8. The van der Waals surface area contributed by atoms with Crippen LogP contribution in [0.1, 0.15) is 29.6 Å². The van der Waals surface area contributed by atoms with Crippen molar-refractivity contribution in [2.75, 3.05) is 6.61 Å². The Balaban J connectivity index is 2.04. The number of nitrogens with zero attached hydrogens (tertiary/aromatic N) is 1. The summed E-state index contributed by atoms with van der Waals surface area (Å²) in [5, 5.41) is 22.7. The Morgan fingerprint density at radius 3 is 2.71 bits per heavy atom. The van der Waals surface area contributed by atoms with E-state index in [0.717, 1.165) is 18.9 Å². The lowest BCUT2D eigenvalue weighted by molar-refractivity contribution is -0.385. The molecule has 1 saturated carbocycles. The molecule has 21 heavy (non-hydrogen) atoms. The van der Waals surface area contributed by atoms with Crippen molar-refractivity contribution in [3.63, 3.8) is 0 Å². The molecule has 0 saturated heterocycles. The van der Waals surface area contributed by atoms with Crippen molar-refractivity contribution >= 4 is 17.6 Å². The topological polar surface area (TPSA) is 119 Å². The van der Waals surface area contributed by atoms with Crippen LogP contribution in [0.25, 0.3) is 0 Å². The van der Waals surface area contributed by atoms with Gasteiger partial charge >= 0.3 is 11.7 Å². The molecule has 1 fully saturated rings. The van der Waals surface area contributed by atoms with Gasteiger partial charge in [0.15, 0.2) is 0 Å². The molecule has 8 heteroatoms. The number of amides is 1. The van der Waals surface area contributed by atoms with Crippen molar-refractivity contribution in [1.82, 2.24) is 5.32 Å². The first-order valence-electron chi connectivity index (χ1n) is 6.42. The minimum Gasteiger partial charge on any atom is -0.486 e. The van der Waals surface area contributed by atoms with Gasteiger partial charge in [-0.05, 0) is 18.9 Å². The monoisotopic (exact) mass is 294 g/mol. The minimum absolute atomic E-state index is 0.0155. The summed E-state index contributed by atoms with van der Waals surface area (Å²) in [4.78, 5) is 32.7. The Morgan fingerprint density at radius 2 is 2.14 bits per heavy atom. The number of carboxylic acid groups (broad SMARTS) is 1. The number of ether oxygens (including phenoxy) is 1. The van der Waals surface area contributed by atoms with Crippen LogP contribution in [-0.4, -0.2) is 34.6 Å². The molecule has 0 unspecified atom stereocenters. The predicted octanol–water partition coefficient (Wildman–Crippen LogP) is 1.34. The van der Waals surface area contributed by atoms with E-state index in [1.807, 2.05) is 0 Å². The molecule has 0 spiro atoms. The molecule has 1 aliphatic carbocycles. The highest BCUT2D eigenvalue weighted by Gasteiger charge is 2.25. The highest BCUT2D eigenvalue weighted by atomic mass is 16.6. The first-order valence-corrected chi connectivity index (χ1v) is 6.42. The van der Waals surface area contributed by atoms with Crippen molar-refractivity contribution in [1.29, 1.82) is 0 Å². The second-order valence-electron chi connectivity index (χ2n) is 4.66. The standard InChI is InChI=1S/C13H14N2O6/c16-11(14-8-4-5-8)6-7-21-12-9(13(17)18)2-1-3-10(12)15(19)20/h1-3,8H,4-7H2,(H,14,16)(H,17,18). The van der Waals surface area contributed by atoms with E-state index in [2.05, 4.69) is 5.32 Å². The summed E-state index contributed by atoms with van der Waals surface area (Å²) in [6, 6.07) is 3.87. The summed E-state index contributed by atoms with van der Waals surface area (Å²) in [7, 11) is 0. The van der Waals surface area contributed by atoms with E-state index in [0.29, 0.717) is 0 Å². The Kier molecular flexibility index (Phi) is 4.36. The fourth-order valence-electron chi connectivity index (χ4n) is 1.76. The smallest absolute Gasteiger partial charge is 0.339 e. The molecule has 2 rings (SSSR count). The molecule has 0 heterocycles. The lowest BCUT2D eigenvalue weighted by Crippen LogP contribution is -2.26. The normalized spacial score (nSPS) is 13.5. The maximum atomic E-state index is 11.5. The highest BCUT2D eigenvalue weighted by molar-refractivity contribution is 5.92. The van der Waals surface area contributed by atoms with Crippen LogP contribution >= 0.6 is 0 Å². The number of carbonyl (C=O) groups excluding carboxylic acids is 1. The average molecular weight is 294 g/mol. The van der Waals surface area contributed by atoms with Gasteiger partial charge in [0.25, 0.3) is 0 Å². The zero-order valence-electron chi connectivity index (χ0n) is 11.1. The highest BCUT2D eigenvalue weighted by Crippen LogP contribution is 2.31. The molecule has 2 N–H and O–H groups in total. The molecular formula is C13H14N2O6. The van der Waals surface area contributed by atoms with E-state index in [1.165, 1.54) is 12.1 Å². The first-order chi connectivity index (χ1) is 9.99.